The molecule has 1 aliphatic rings. The molecule has 0 unspecified atom stereocenters. The Balaban J connectivity index is 1.73. The normalized spacial score (nSPS) is 16.2. The van der Waals surface area contributed by atoms with Crippen molar-refractivity contribution in [2.75, 3.05) is 25.5 Å². The van der Waals surface area contributed by atoms with Crippen LogP contribution in [0.5, 0.6) is 11.5 Å². The Morgan fingerprint density at radius 3 is 2.70 bits per heavy atom. The van der Waals surface area contributed by atoms with Gasteiger partial charge in [-0.15, -0.1) is 4.65 Å². The lowest BCUT2D eigenvalue weighted by Crippen LogP contribution is -2.50. The molecule has 4 rings (SSSR count). The van der Waals surface area contributed by atoms with Crippen LogP contribution < -0.4 is 10.2 Å². The average Bonchev–Trinajstić information content (AvgIpc) is 2.65. The highest BCUT2D eigenvalue weighted by Crippen LogP contribution is 2.35. The van der Waals surface area contributed by atoms with Crippen molar-refractivity contribution >= 4 is 34.0 Å². The van der Waals surface area contributed by atoms with Gasteiger partial charge in [-0.25, -0.2) is 9.97 Å². The SMILES string of the molecule is C[N+]1(Oc2cccc3ncnc(Nc4ccc(O)c(Cl)c4)c23)CCCCC1. The first-order valence-electron chi connectivity index (χ1n) is 9.07. The zero-order valence-corrected chi connectivity index (χ0v) is 15.9. The lowest BCUT2D eigenvalue weighted by molar-refractivity contribution is -1.07. The number of rotatable bonds is 4. The molecule has 2 aromatic carbocycles. The second-order valence-corrected chi connectivity index (χ2v) is 7.47. The molecule has 3 aromatic rings. The maximum absolute atomic E-state index is 9.63. The molecule has 1 fully saturated rings. The topological polar surface area (TPSA) is 67.3 Å². The van der Waals surface area contributed by atoms with E-state index in [1.807, 2.05) is 18.2 Å². The fraction of sp³-hybridized carbons (Fsp3) is 0.300. The number of likely N-dealkylation sites (tertiary alicyclic amines) is 1. The van der Waals surface area contributed by atoms with Crippen molar-refractivity contribution in [2.45, 2.75) is 19.3 Å². The summed E-state index contributed by atoms with van der Waals surface area (Å²) in [5, 5.41) is 14.0. The number of benzene rings is 2. The molecule has 1 aromatic heterocycles. The first-order valence-corrected chi connectivity index (χ1v) is 9.45. The molecule has 2 N–H and O–H groups in total. The van der Waals surface area contributed by atoms with Gasteiger partial charge in [0.15, 0.2) is 0 Å². The number of aromatic nitrogens is 2. The number of hydrogen-bond donors (Lipinski definition) is 2. The van der Waals surface area contributed by atoms with Crippen LogP contribution in [0.25, 0.3) is 10.9 Å². The average molecular weight is 386 g/mol. The van der Waals surface area contributed by atoms with Gasteiger partial charge in [-0.1, -0.05) is 17.7 Å². The number of halogens is 1. The van der Waals surface area contributed by atoms with Crippen LogP contribution in [0.3, 0.4) is 0 Å². The summed E-state index contributed by atoms with van der Waals surface area (Å²) in [5.74, 6) is 1.44. The predicted octanol–water partition coefficient (Wildman–Crippen LogP) is 4.66. The highest BCUT2D eigenvalue weighted by atomic mass is 35.5. The Morgan fingerprint density at radius 1 is 1.11 bits per heavy atom. The largest absolute Gasteiger partial charge is 0.506 e. The fourth-order valence-electron chi connectivity index (χ4n) is 3.48. The van der Waals surface area contributed by atoms with Gasteiger partial charge in [0, 0.05) is 18.5 Å². The second-order valence-electron chi connectivity index (χ2n) is 7.06. The van der Waals surface area contributed by atoms with E-state index in [-0.39, 0.29) is 10.8 Å². The Kier molecular flexibility index (Phi) is 4.76. The molecule has 140 valence electrons. The van der Waals surface area contributed by atoms with Crippen molar-refractivity contribution in [3.63, 3.8) is 0 Å². The zero-order chi connectivity index (χ0) is 18.9. The molecule has 0 bridgehead atoms. The van der Waals surface area contributed by atoms with Crippen LogP contribution in [0, 0.1) is 0 Å². The molecular formula is C20H22ClN4O2+. The fourth-order valence-corrected chi connectivity index (χ4v) is 3.66. The van der Waals surface area contributed by atoms with E-state index in [0.29, 0.717) is 10.5 Å². The zero-order valence-electron chi connectivity index (χ0n) is 15.2. The standard InChI is InChI=1S/C20H21ClN4O2/c1-25(10-3-2-4-11-25)27-18-7-5-6-16-19(18)20(23-13-22-16)24-14-8-9-17(26)15(21)12-14/h5-9,12-13H,2-4,10-11H2,1H3,(H-,22,23,24,26)/p+1. The number of phenolic OH excluding ortho intramolecular Hbond substituents is 1. The summed E-state index contributed by atoms with van der Waals surface area (Å²) >= 11 is 6.03. The van der Waals surface area contributed by atoms with Gasteiger partial charge in [0.1, 0.15) is 38.0 Å². The number of quaternary nitrogens is 1. The predicted molar refractivity (Wildman–Crippen MR) is 106 cm³/mol. The number of nitrogens with one attached hydrogen (secondary N) is 1. The van der Waals surface area contributed by atoms with Crippen LogP contribution in [0.4, 0.5) is 11.5 Å². The molecule has 1 aliphatic heterocycles. The Morgan fingerprint density at radius 2 is 1.93 bits per heavy atom. The van der Waals surface area contributed by atoms with E-state index in [1.165, 1.54) is 12.7 Å². The van der Waals surface area contributed by atoms with Crippen LogP contribution in [-0.2, 0) is 0 Å². The summed E-state index contributed by atoms with van der Waals surface area (Å²) in [5.41, 5.74) is 1.53. The van der Waals surface area contributed by atoms with Gasteiger partial charge in [0.05, 0.1) is 15.9 Å². The van der Waals surface area contributed by atoms with E-state index in [9.17, 15) is 5.11 Å². The van der Waals surface area contributed by atoms with Crippen LogP contribution >= 0.6 is 11.6 Å². The number of fused-ring (bicyclic) bond motifs is 1. The molecule has 0 amide bonds. The minimum Gasteiger partial charge on any atom is -0.506 e. The number of phenols is 1. The van der Waals surface area contributed by atoms with Gasteiger partial charge in [-0.2, -0.15) is 0 Å². The molecule has 6 nitrogen and oxygen atoms in total. The molecule has 1 saturated heterocycles. The highest BCUT2D eigenvalue weighted by Gasteiger charge is 2.29. The molecule has 7 heteroatoms. The Bertz CT molecular complexity index is 968. The van der Waals surface area contributed by atoms with Crippen molar-refractivity contribution < 1.29 is 14.6 Å². The third-order valence-electron chi connectivity index (χ3n) is 4.92. The third-order valence-corrected chi connectivity index (χ3v) is 5.22. The van der Waals surface area contributed by atoms with Gasteiger partial charge in [0.2, 0.25) is 5.75 Å². The molecule has 0 saturated carbocycles. The highest BCUT2D eigenvalue weighted by molar-refractivity contribution is 6.32. The lowest BCUT2D eigenvalue weighted by atomic mass is 10.1. The monoisotopic (exact) mass is 385 g/mol. The van der Waals surface area contributed by atoms with Crippen molar-refractivity contribution in [3.8, 4) is 11.5 Å². The molecule has 0 radical (unpaired) electrons. The number of hydrogen-bond acceptors (Lipinski definition) is 5. The number of nitrogens with zero attached hydrogens (tertiary/aromatic N) is 3. The van der Waals surface area contributed by atoms with Gasteiger partial charge < -0.3 is 15.3 Å². The molecular weight excluding hydrogens is 364 g/mol. The van der Waals surface area contributed by atoms with E-state index < -0.39 is 0 Å². The molecule has 27 heavy (non-hydrogen) atoms. The molecule has 0 atom stereocenters. The summed E-state index contributed by atoms with van der Waals surface area (Å²) in [6.07, 6.45) is 5.10. The first-order chi connectivity index (χ1) is 13.0. The maximum atomic E-state index is 9.63. The van der Waals surface area contributed by atoms with Crippen molar-refractivity contribution in [1.82, 2.24) is 9.97 Å². The van der Waals surface area contributed by atoms with Gasteiger partial charge >= 0.3 is 0 Å². The summed E-state index contributed by atoms with van der Waals surface area (Å²) < 4.78 is 0.554. The number of hydroxylamine groups is 3. The number of anilines is 2. The second kappa shape index (κ2) is 7.21. The smallest absolute Gasteiger partial charge is 0.203 e. The van der Waals surface area contributed by atoms with Gasteiger partial charge in [-0.3, -0.25) is 0 Å². The summed E-state index contributed by atoms with van der Waals surface area (Å²) in [4.78, 5) is 15.2. The number of piperidine rings is 1. The summed E-state index contributed by atoms with van der Waals surface area (Å²) in [6, 6.07) is 10.8. The van der Waals surface area contributed by atoms with E-state index in [4.69, 9.17) is 16.4 Å². The van der Waals surface area contributed by atoms with Crippen LogP contribution in [-0.4, -0.2) is 39.9 Å². The van der Waals surface area contributed by atoms with Gasteiger partial charge in [-0.05, 0) is 36.8 Å². The summed E-state index contributed by atoms with van der Waals surface area (Å²) in [6.45, 7) is 1.97. The van der Waals surface area contributed by atoms with E-state index in [1.54, 1.807) is 18.2 Å². The van der Waals surface area contributed by atoms with Gasteiger partial charge in [0.25, 0.3) is 0 Å². The van der Waals surface area contributed by atoms with Crippen LogP contribution in [0.2, 0.25) is 5.02 Å². The minimum absolute atomic E-state index is 0.0429. The Labute approximate surface area is 162 Å². The third kappa shape index (κ3) is 3.77. The van der Waals surface area contributed by atoms with E-state index in [2.05, 4.69) is 22.3 Å². The first kappa shape index (κ1) is 17.8. The van der Waals surface area contributed by atoms with Crippen molar-refractivity contribution in [1.29, 1.82) is 0 Å². The summed E-state index contributed by atoms with van der Waals surface area (Å²) in [7, 11) is 2.12. The van der Waals surface area contributed by atoms with Crippen molar-refractivity contribution in [3.05, 3.63) is 47.7 Å². The Hall–Kier alpha value is -2.57. The molecule has 2 heterocycles. The van der Waals surface area contributed by atoms with Crippen molar-refractivity contribution in [2.24, 2.45) is 0 Å². The van der Waals surface area contributed by atoms with E-state index >= 15 is 0 Å². The van der Waals surface area contributed by atoms with Crippen LogP contribution in [0.1, 0.15) is 19.3 Å². The maximum Gasteiger partial charge on any atom is 0.203 e. The lowest BCUT2D eigenvalue weighted by Gasteiger charge is -2.35. The van der Waals surface area contributed by atoms with Crippen LogP contribution in [0.15, 0.2) is 42.7 Å². The quantitative estimate of drug-likeness (QED) is 0.505. The number of aromatic hydroxyl groups is 1. The van der Waals surface area contributed by atoms with E-state index in [0.717, 1.165) is 48.3 Å². The molecule has 0 spiro atoms. The minimum atomic E-state index is 0.0429. The molecule has 0 aliphatic carbocycles.